The van der Waals surface area contributed by atoms with Gasteiger partial charge in [0.15, 0.2) is 12.4 Å². The van der Waals surface area contributed by atoms with E-state index in [2.05, 4.69) is 0 Å². The fourth-order valence-electron chi connectivity index (χ4n) is 1.43. The van der Waals surface area contributed by atoms with E-state index in [0.29, 0.717) is 0 Å². The van der Waals surface area contributed by atoms with Gasteiger partial charge < -0.3 is 29.9 Å². The van der Waals surface area contributed by atoms with Gasteiger partial charge in [0, 0.05) is 0 Å². The molecule has 1 heterocycles. The summed E-state index contributed by atoms with van der Waals surface area (Å²) in [6.07, 6.45) is -7.95. The summed E-state index contributed by atoms with van der Waals surface area (Å²) in [6, 6.07) is 0. The first-order valence-corrected chi connectivity index (χ1v) is 4.92. The molecular formula is C9H16O7. The Labute approximate surface area is 92.2 Å². The molecule has 1 rings (SSSR count). The van der Waals surface area contributed by atoms with Crippen LogP contribution in [-0.2, 0) is 14.3 Å². The zero-order chi connectivity index (χ0) is 12.5. The molecule has 0 aliphatic carbocycles. The van der Waals surface area contributed by atoms with E-state index in [1.807, 2.05) is 0 Å². The Balaban J connectivity index is 2.77. The topological polar surface area (TPSA) is 116 Å². The summed E-state index contributed by atoms with van der Waals surface area (Å²) in [7, 11) is 0. The molecule has 0 spiro atoms. The van der Waals surface area contributed by atoms with Crippen LogP contribution in [0.2, 0.25) is 0 Å². The molecule has 5 atom stereocenters. The summed E-state index contributed by atoms with van der Waals surface area (Å²) in [6.45, 7) is 3.34. The van der Waals surface area contributed by atoms with Gasteiger partial charge in [0.2, 0.25) is 0 Å². The second-order valence-corrected chi connectivity index (χ2v) is 3.92. The number of hydrogen-bond donors (Lipinski definition) is 4. The molecule has 7 nitrogen and oxygen atoms in total. The lowest BCUT2D eigenvalue weighted by Gasteiger charge is -2.39. The van der Waals surface area contributed by atoms with Gasteiger partial charge in [-0.1, -0.05) is 0 Å². The third kappa shape index (κ3) is 2.69. The third-order valence-electron chi connectivity index (χ3n) is 2.22. The average molecular weight is 236 g/mol. The Morgan fingerprint density at radius 2 is 1.75 bits per heavy atom. The van der Waals surface area contributed by atoms with Gasteiger partial charge in [0.25, 0.3) is 0 Å². The van der Waals surface area contributed by atoms with Crippen LogP contribution in [0.3, 0.4) is 0 Å². The van der Waals surface area contributed by atoms with E-state index in [-0.39, 0.29) is 6.10 Å². The standard InChI is InChI=1S/C9H16O7/c1-3(2)15-9-6(12)4(10)5(11)7(16-9)8(13)14/h3-7,9-12H,1-2H3,(H,13,14)/t4-,5-,6-,7?,9?/m0/s1. The van der Waals surface area contributed by atoms with E-state index >= 15 is 0 Å². The summed E-state index contributed by atoms with van der Waals surface area (Å²) in [5.41, 5.74) is 0. The molecular weight excluding hydrogens is 220 g/mol. The molecule has 0 radical (unpaired) electrons. The van der Waals surface area contributed by atoms with E-state index < -0.39 is 36.7 Å². The number of carbonyl (C=O) groups is 1. The average Bonchev–Trinajstić information content (AvgIpc) is 2.18. The Morgan fingerprint density at radius 3 is 2.19 bits per heavy atom. The highest BCUT2D eigenvalue weighted by molar-refractivity contribution is 5.73. The summed E-state index contributed by atoms with van der Waals surface area (Å²) in [4.78, 5) is 10.7. The van der Waals surface area contributed by atoms with Crippen LogP contribution in [0, 0.1) is 0 Å². The van der Waals surface area contributed by atoms with Crippen LogP contribution in [0.1, 0.15) is 13.8 Å². The molecule has 1 aliphatic rings. The second-order valence-electron chi connectivity index (χ2n) is 3.92. The van der Waals surface area contributed by atoms with Gasteiger partial charge in [-0.05, 0) is 13.8 Å². The minimum Gasteiger partial charge on any atom is -0.479 e. The first-order valence-electron chi connectivity index (χ1n) is 4.92. The van der Waals surface area contributed by atoms with Gasteiger partial charge in [0.1, 0.15) is 18.3 Å². The quantitative estimate of drug-likeness (QED) is 0.461. The third-order valence-corrected chi connectivity index (χ3v) is 2.22. The number of carboxylic acid groups (broad SMARTS) is 1. The van der Waals surface area contributed by atoms with Gasteiger partial charge in [-0.3, -0.25) is 0 Å². The second kappa shape index (κ2) is 5.07. The van der Waals surface area contributed by atoms with Crippen molar-refractivity contribution in [2.24, 2.45) is 0 Å². The van der Waals surface area contributed by atoms with Crippen LogP contribution in [0.5, 0.6) is 0 Å². The Hall–Kier alpha value is -0.730. The number of hydrogen-bond acceptors (Lipinski definition) is 6. The van der Waals surface area contributed by atoms with E-state index in [4.69, 9.17) is 14.6 Å². The van der Waals surface area contributed by atoms with Crippen molar-refractivity contribution in [2.75, 3.05) is 0 Å². The molecule has 0 aromatic rings. The fourth-order valence-corrected chi connectivity index (χ4v) is 1.43. The van der Waals surface area contributed by atoms with Crippen LogP contribution in [-0.4, -0.2) is 63.2 Å². The molecule has 0 aromatic carbocycles. The molecule has 7 heteroatoms. The molecule has 0 amide bonds. The molecule has 0 saturated carbocycles. The number of aliphatic hydroxyl groups excluding tert-OH is 3. The molecule has 94 valence electrons. The van der Waals surface area contributed by atoms with Gasteiger partial charge in [0.05, 0.1) is 6.10 Å². The van der Waals surface area contributed by atoms with Crippen LogP contribution >= 0.6 is 0 Å². The highest BCUT2D eigenvalue weighted by atomic mass is 16.7. The van der Waals surface area contributed by atoms with Crippen molar-refractivity contribution in [3.05, 3.63) is 0 Å². The SMILES string of the molecule is CC(C)OC1OC(C(=O)O)[C@@H](O)[C@H](O)[C@@H]1O. The minimum atomic E-state index is -1.68. The number of aliphatic carboxylic acids is 1. The number of aliphatic hydroxyl groups is 3. The molecule has 0 aromatic heterocycles. The zero-order valence-electron chi connectivity index (χ0n) is 8.98. The first kappa shape index (κ1) is 13.3. The van der Waals surface area contributed by atoms with Crippen molar-refractivity contribution < 1.29 is 34.7 Å². The zero-order valence-corrected chi connectivity index (χ0v) is 8.98. The van der Waals surface area contributed by atoms with Gasteiger partial charge >= 0.3 is 5.97 Å². The lowest BCUT2D eigenvalue weighted by atomic mass is 9.99. The molecule has 0 bridgehead atoms. The van der Waals surface area contributed by atoms with Crippen molar-refractivity contribution in [1.29, 1.82) is 0 Å². The lowest BCUT2D eigenvalue weighted by molar-refractivity contribution is -0.301. The normalized spacial score (nSPS) is 40.0. The Bertz CT molecular complexity index is 254. The maximum Gasteiger partial charge on any atom is 0.335 e. The minimum absolute atomic E-state index is 0.309. The predicted octanol–water partition coefficient (Wildman–Crippen LogP) is -1.70. The fraction of sp³-hybridized carbons (Fsp3) is 0.889. The van der Waals surface area contributed by atoms with E-state index in [9.17, 15) is 20.1 Å². The Kier molecular flexibility index (Phi) is 4.22. The van der Waals surface area contributed by atoms with Gasteiger partial charge in [-0.15, -0.1) is 0 Å². The van der Waals surface area contributed by atoms with E-state index in [1.54, 1.807) is 13.8 Å². The Morgan fingerprint density at radius 1 is 1.19 bits per heavy atom. The summed E-state index contributed by atoms with van der Waals surface area (Å²) in [5, 5.41) is 37.0. The number of carboxylic acids is 1. The number of rotatable bonds is 3. The summed E-state index contributed by atoms with van der Waals surface area (Å²) >= 11 is 0. The van der Waals surface area contributed by atoms with E-state index in [1.165, 1.54) is 0 Å². The van der Waals surface area contributed by atoms with Crippen LogP contribution < -0.4 is 0 Å². The maximum absolute atomic E-state index is 10.7. The molecule has 1 saturated heterocycles. The maximum atomic E-state index is 10.7. The molecule has 2 unspecified atom stereocenters. The highest BCUT2D eigenvalue weighted by Gasteiger charge is 2.47. The largest absolute Gasteiger partial charge is 0.479 e. The summed E-state index contributed by atoms with van der Waals surface area (Å²) < 4.78 is 9.97. The van der Waals surface area contributed by atoms with Crippen LogP contribution in [0.25, 0.3) is 0 Å². The van der Waals surface area contributed by atoms with Crippen molar-refractivity contribution in [3.63, 3.8) is 0 Å². The van der Waals surface area contributed by atoms with Crippen molar-refractivity contribution in [3.8, 4) is 0 Å². The monoisotopic (exact) mass is 236 g/mol. The van der Waals surface area contributed by atoms with Gasteiger partial charge in [-0.2, -0.15) is 0 Å². The van der Waals surface area contributed by atoms with Crippen molar-refractivity contribution >= 4 is 5.97 Å². The van der Waals surface area contributed by atoms with Crippen molar-refractivity contribution in [2.45, 2.75) is 50.7 Å². The van der Waals surface area contributed by atoms with Crippen LogP contribution in [0.4, 0.5) is 0 Å². The van der Waals surface area contributed by atoms with E-state index in [0.717, 1.165) is 0 Å². The van der Waals surface area contributed by atoms with Crippen LogP contribution in [0.15, 0.2) is 0 Å². The molecule has 1 fully saturated rings. The molecule has 4 N–H and O–H groups in total. The predicted molar refractivity (Wildman–Crippen MR) is 50.5 cm³/mol. The smallest absolute Gasteiger partial charge is 0.335 e. The molecule has 16 heavy (non-hydrogen) atoms. The van der Waals surface area contributed by atoms with Crippen molar-refractivity contribution in [1.82, 2.24) is 0 Å². The first-order chi connectivity index (χ1) is 7.34. The van der Waals surface area contributed by atoms with Gasteiger partial charge in [-0.25, -0.2) is 4.79 Å². The number of ether oxygens (including phenoxy) is 2. The lowest BCUT2D eigenvalue weighted by Crippen LogP contribution is -2.60. The molecule has 1 aliphatic heterocycles. The highest BCUT2D eigenvalue weighted by Crippen LogP contribution is 2.23. The summed E-state index contributed by atoms with van der Waals surface area (Å²) in [5.74, 6) is -1.42.